The molecule has 7 heteroatoms. The van der Waals surface area contributed by atoms with Crippen molar-refractivity contribution in [3.63, 3.8) is 0 Å². The molecule has 1 aromatic heterocycles. The molecule has 30 heavy (non-hydrogen) atoms. The molecule has 2 heterocycles. The fourth-order valence-electron chi connectivity index (χ4n) is 3.33. The van der Waals surface area contributed by atoms with Gasteiger partial charge in [-0.15, -0.1) is 0 Å². The van der Waals surface area contributed by atoms with Gasteiger partial charge in [-0.05, 0) is 30.3 Å². The minimum Gasteiger partial charge on any atom is -0.379 e. The Labute approximate surface area is 175 Å². The number of hydrazine groups is 1. The summed E-state index contributed by atoms with van der Waals surface area (Å²) in [4.78, 5) is 20.6. The summed E-state index contributed by atoms with van der Waals surface area (Å²) in [6, 6.07) is 19.6. The standard InChI is InChI=1S/C23H23N5O2/c1-2-23(29)26-19-8-6-7-18(15-19)21-16-22(25-17-24-21)28(20-9-4-3-5-10-20)27-11-13-30-14-12-27/h2-10,15-17H,1,11-14H2,(H,26,29). The number of aromatic nitrogens is 2. The van der Waals surface area contributed by atoms with E-state index >= 15 is 0 Å². The number of ether oxygens (including phenoxy) is 1. The zero-order valence-electron chi connectivity index (χ0n) is 16.6. The highest BCUT2D eigenvalue weighted by Crippen LogP contribution is 2.29. The summed E-state index contributed by atoms with van der Waals surface area (Å²) >= 11 is 0. The first-order valence-corrected chi connectivity index (χ1v) is 9.78. The number of rotatable bonds is 6. The summed E-state index contributed by atoms with van der Waals surface area (Å²) < 4.78 is 5.53. The molecule has 1 saturated heterocycles. The molecule has 0 saturated carbocycles. The summed E-state index contributed by atoms with van der Waals surface area (Å²) in [6.45, 7) is 6.39. The number of nitrogens with zero attached hydrogens (tertiary/aromatic N) is 4. The van der Waals surface area contributed by atoms with Gasteiger partial charge in [0.2, 0.25) is 5.91 Å². The topological polar surface area (TPSA) is 70.6 Å². The molecule has 0 radical (unpaired) electrons. The van der Waals surface area contributed by atoms with Crippen LogP contribution in [0.25, 0.3) is 11.3 Å². The van der Waals surface area contributed by atoms with E-state index in [1.54, 1.807) is 6.33 Å². The molecule has 0 bridgehead atoms. The van der Waals surface area contributed by atoms with Crippen LogP contribution < -0.4 is 10.3 Å². The van der Waals surface area contributed by atoms with E-state index in [4.69, 9.17) is 4.74 Å². The molecule has 3 aromatic rings. The summed E-state index contributed by atoms with van der Waals surface area (Å²) in [5.74, 6) is 0.520. The van der Waals surface area contributed by atoms with Crippen LogP contribution in [0.5, 0.6) is 0 Å². The van der Waals surface area contributed by atoms with Gasteiger partial charge < -0.3 is 10.1 Å². The Morgan fingerprint density at radius 1 is 1.07 bits per heavy atom. The van der Waals surface area contributed by atoms with Crippen LogP contribution in [0.1, 0.15) is 0 Å². The fraction of sp³-hybridized carbons (Fsp3) is 0.174. The fourth-order valence-corrected chi connectivity index (χ4v) is 3.33. The van der Waals surface area contributed by atoms with Crippen molar-refractivity contribution in [3.05, 3.63) is 79.6 Å². The van der Waals surface area contributed by atoms with Crippen LogP contribution in [0, 0.1) is 0 Å². The van der Waals surface area contributed by atoms with Crippen LogP contribution in [-0.2, 0) is 9.53 Å². The summed E-state index contributed by atoms with van der Waals surface area (Å²) in [5, 5.41) is 7.12. The highest BCUT2D eigenvalue weighted by atomic mass is 16.5. The lowest BCUT2D eigenvalue weighted by atomic mass is 10.1. The highest BCUT2D eigenvalue weighted by Gasteiger charge is 2.22. The van der Waals surface area contributed by atoms with Gasteiger partial charge in [0, 0.05) is 30.4 Å². The third-order valence-corrected chi connectivity index (χ3v) is 4.75. The second-order valence-corrected chi connectivity index (χ2v) is 6.75. The Balaban J connectivity index is 1.69. The molecule has 0 aliphatic carbocycles. The SMILES string of the molecule is C=CC(=O)Nc1cccc(-c2cc(N(c3ccccc3)N3CCOCC3)ncn2)c1. The minimum absolute atomic E-state index is 0.252. The zero-order chi connectivity index (χ0) is 20.8. The van der Waals surface area contributed by atoms with Crippen LogP contribution in [0.3, 0.4) is 0 Å². The molecule has 7 nitrogen and oxygen atoms in total. The molecular weight excluding hydrogens is 378 g/mol. The first-order chi connectivity index (χ1) is 14.7. The second kappa shape index (κ2) is 9.30. The number of anilines is 3. The van der Waals surface area contributed by atoms with E-state index in [1.807, 2.05) is 48.5 Å². The largest absolute Gasteiger partial charge is 0.379 e. The lowest BCUT2D eigenvalue weighted by Crippen LogP contribution is -2.46. The van der Waals surface area contributed by atoms with E-state index in [0.717, 1.165) is 35.9 Å². The Bertz CT molecular complexity index is 1020. The third kappa shape index (κ3) is 4.53. The van der Waals surface area contributed by atoms with Gasteiger partial charge in [-0.2, -0.15) is 0 Å². The summed E-state index contributed by atoms with van der Waals surface area (Å²) in [6.07, 6.45) is 2.81. The third-order valence-electron chi connectivity index (χ3n) is 4.75. The van der Waals surface area contributed by atoms with Gasteiger partial charge >= 0.3 is 0 Å². The number of nitrogens with one attached hydrogen (secondary N) is 1. The number of amides is 1. The maximum atomic E-state index is 11.6. The van der Waals surface area contributed by atoms with Gasteiger partial charge in [-0.1, -0.05) is 36.9 Å². The Hall–Kier alpha value is -3.55. The van der Waals surface area contributed by atoms with Crippen LogP contribution in [0.2, 0.25) is 0 Å². The molecule has 0 atom stereocenters. The van der Waals surface area contributed by atoms with Crippen LogP contribution in [-0.4, -0.2) is 47.2 Å². The number of carbonyl (C=O) groups excluding carboxylic acids is 1. The molecule has 1 fully saturated rings. The van der Waals surface area contributed by atoms with E-state index in [1.165, 1.54) is 6.08 Å². The maximum absolute atomic E-state index is 11.6. The number of morpholine rings is 1. The van der Waals surface area contributed by atoms with Crippen LogP contribution in [0.15, 0.2) is 79.6 Å². The van der Waals surface area contributed by atoms with Crippen molar-refractivity contribution in [1.29, 1.82) is 0 Å². The second-order valence-electron chi connectivity index (χ2n) is 6.75. The van der Waals surface area contributed by atoms with Gasteiger partial charge in [-0.25, -0.2) is 15.0 Å². The van der Waals surface area contributed by atoms with Crippen molar-refractivity contribution in [2.45, 2.75) is 0 Å². The van der Waals surface area contributed by atoms with E-state index in [9.17, 15) is 4.79 Å². The average molecular weight is 401 g/mol. The number of hydrogen-bond donors (Lipinski definition) is 1. The van der Waals surface area contributed by atoms with Crippen LogP contribution >= 0.6 is 0 Å². The smallest absolute Gasteiger partial charge is 0.247 e. The van der Waals surface area contributed by atoms with Crippen molar-refractivity contribution in [3.8, 4) is 11.3 Å². The Morgan fingerprint density at radius 3 is 2.63 bits per heavy atom. The molecule has 2 aromatic carbocycles. The first-order valence-electron chi connectivity index (χ1n) is 9.78. The monoisotopic (exact) mass is 401 g/mol. The predicted molar refractivity (Wildman–Crippen MR) is 117 cm³/mol. The van der Waals surface area contributed by atoms with Crippen molar-refractivity contribution in [2.75, 3.05) is 36.6 Å². The van der Waals surface area contributed by atoms with Crippen molar-refractivity contribution < 1.29 is 9.53 Å². The molecule has 1 aliphatic heterocycles. The molecular formula is C23H23N5O2. The van der Waals surface area contributed by atoms with Crippen molar-refractivity contribution >= 4 is 23.1 Å². The minimum atomic E-state index is -0.252. The lowest BCUT2D eigenvalue weighted by Gasteiger charge is -2.38. The molecule has 1 N–H and O–H groups in total. The van der Waals surface area contributed by atoms with Gasteiger partial charge in [0.05, 0.1) is 24.6 Å². The molecule has 152 valence electrons. The van der Waals surface area contributed by atoms with Crippen molar-refractivity contribution in [2.24, 2.45) is 0 Å². The average Bonchev–Trinajstić information content (AvgIpc) is 2.81. The first kappa shape index (κ1) is 19.8. The highest BCUT2D eigenvalue weighted by molar-refractivity contribution is 5.99. The molecule has 1 amide bonds. The van der Waals surface area contributed by atoms with Gasteiger partial charge in [0.25, 0.3) is 0 Å². The lowest BCUT2D eigenvalue weighted by molar-refractivity contribution is -0.111. The summed E-state index contributed by atoms with van der Waals surface area (Å²) in [7, 11) is 0. The predicted octanol–water partition coefficient (Wildman–Crippen LogP) is 3.65. The van der Waals surface area contributed by atoms with Gasteiger partial charge in [0.1, 0.15) is 6.33 Å². The normalized spacial score (nSPS) is 14.1. The van der Waals surface area contributed by atoms with Gasteiger partial charge in [-0.3, -0.25) is 9.80 Å². The Morgan fingerprint density at radius 2 is 1.87 bits per heavy atom. The van der Waals surface area contributed by atoms with E-state index in [-0.39, 0.29) is 5.91 Å². The summed E-state index contributed by atoms with van der Waals surface area (Å²) in [5.41, 5.74) is 3.36. The Kier molecular flexibility index (Phi) is 6.12. The maximum Gasteiger partial charge on any atom is 0.247 e. The quantitative estimate of drug-likeness (QED) is 0.636. The molecule has 1 aliphatic rings. The van der Waals surface area contributed by atoms with E-state index in [0.29, 0.717) is 18.9 Å². The number of para-hydroxylation sites is 1. The van der Waals surface area contributed by atoms with Gasteiger partial charge in [0.15, 0.2) is 5.82 Å². The molecule has 0 unspecified atom stereocenters. The zero-order valence-corrected chi connectivity index (χ0v) is 16.6. The van der Waals surface area contributed by atoms with Crippen molar-refractivity contribution in [1.82, 2.24) is 15.0 Å². The number of benzene rings is 2. The van der Waals surface area contributed by atoms with Crippen LogP contribution in [0.4, 0.5) is 17.2 Å². The number of hydrogen-bond acceptors (Lipinski definition) is 6. The number of carbonyl (C=O) groups is 1. The van der Waals surface area contributed by atoms with E-state index < -0.39 is 0 Å². The molecule has 0 spiro atoms. The molecule has 4 rings (SSSR count). The van der Waals surface area contributed by atoms with E-state index in [2.05, 4.69) is 44.0 Å².